The third-order valence-corrected chi connectivity index (χ3v) is 5.67. The van der Waals surface area contributed by atoms with Crippen molar-refractivity contribution in [2.75, 3.05) is 17.2 Å². The maximum absolute atomic E-state index is 11.6. The number of hydrogen-bond donors (Lipinski definition) is 4. The van der Waals surface area contributed by atoms with Crippen LogP contribution in [0, 0.1) is 0 Å². The molecule has 1 unspecified atom stereocenters. The molecule has 0 spiro atoms. The van der Waals surface area contributed by atoms with Crippen molar-refractivity contribution in [3.63, 3.8) is 0 Å². The predicted octanol–water partition coefficient (Wildman–Crippen LogP) is 3.55. The molecule has 0 aliphatic carbocycles. The smallest absolute Gasteiger partial charge is 0.326 e. The largest absolute Gasteiger partial charge is 0.480 e. The third kappa shape index (κ3) is 5.68. The van der Waals surface area contributed by atoms with E-state index in [2.05, 4.69) is 42.9 Å². The zero-order valence-corrected chi connectivity index (χ0v) is 17.6. The molecule has 164 valence electrons. The number of aryl methyl sites for hydroxylation is 2. The molecule has 4 rings (SSSR count). The Morgan fingerprint density at radius 2 is 2.00 bits per heavy atom. The number of rotatable bonds is 11. The number of carboxylic acid groups (broad SMARTS) is 1. The van der Waals surface area contributed by atoms with Crippen molar-refractivity contribution in [1.29, 1.82) is 0 Å². The van der Waals surface area contributed by atoms with Gasteiger partial charge in [-0.05, 0) is 43.7 Å². The Morgan fingerprint density at radius 1 is 1.13 bits per heavy atom. The van der Waals surface area contributed by atoms with Crippen LogP contribution >= 0.6 is 0 Å². The molecule has 0 saturated carbocycles. The first kappa shape index (κ1) is 21.0. The second kappa shape index (κ2) is 10.2. The van der Waals surface area contributed by atoms with E-state index in [0.717, 1.165) is 68.4 Å². The normalized spacial score (nSPS) is 14.1. The number of aromatic amines is 1. The van der Waals surface area contributed by atoms with Gasteiger partial charge in [-0.15, -0.1) is 0 Å². The summed E-state index contributed by atoms with van der Waals surface area (Å²) in [4.78, 5) is 24.8. The molecule has 0 radical (unpaired) electrons. The number of aromatic nitrogens is 5. The molecule has 0 bridgehead atoms. The number of hydrogen-bond acceptors (Lipinski definition) is 7. The number of nitrogens with zero attached hydrogens (tertiary/aromatic N) is 4. The van der Waals surface area contributed by atoms with E-state index in [1.807, 2.05) is 0 Å². The monoisotopic (exact) mass is 423 g/mol. The van der Waals surface area contributed by atoms with Crippen LogP contribution in [0.4, 0.5) is 11.8 Å². The standard InChI is InChI=1S/C22H29N7O2/c30-21(31)18(27-22-24-13-16-14-25-29-20(16)28-22)9-5-3-1-2-4-8-17-11-10-15-7-6-12-23-19(15)26-17/h10-11,13-14,18H,1-9,12H2,(H,23,26)(H,30,31)(H2,24,25,27,28,29). The SMILES string of the molecule is O=C(O)C(CCCCCCCc1ccc2c(n1)NCCC2)Nc1ncc2cn[nH]c2n1. The molecule has 3 aromatic heterocycles. The fourth-order valence-electron chi connectivity index (χ4n) is 3.91. The van der Waals surface area contributed by atoms with Gasteiger partial charge in [0, 0.05) is 18.4 Å². The van der Waals surface area contributed by atoms with Crippen LogP contribution in [0.3, 0.4) is 0 Å². The van der Waals surface area contributed by atoms with E-state index in [1.165, 1.54) is 12.0 Å². The van der Waals surface area contributed by atoms with Crippen LogP contribution in [0.25, 0.3) is 11.0 Å². The maximum Gasteiger partial charge on any atom is 0.326 e. The van der Waals surface area contributed by atoms with Gasteiger partial charge in [0.2, 0.25) is 5.95 Å². The van der Waals surface area contributed by atoms with E-state index < -0.39 is 12.0 Å². The van der Waals surface area contributed by atoms with Crippen LogP contribution in [0.15, 0.2) is 24.5 Å². The zero-order valence-electron chi connectivity index (χ0n) is 17.6. The molecule has 0 amide bonds. The number of carboxylic acids is 1. The van der Waals surface area contributed by atoms with Gasteiger partial charge in [0.15, 0.2) is 5.65 Å². The average molecular weight is 424 g/mol. The lowest BCUT2D eigenvalue weighted by molar-refractivity contribution is -0.138. The van der Waals surface area contributed by atoms with E-state index in [4.69, 9.17) is 4.98 Å². The minimum Gasteiger partial charge on any atom is -0.480 e. The number of pyridine rings is 1. The van der Waals surface area contributed by atoms with Crippen molar-refractivity contribution in [3.05, 3.63) is 35.8 Å². The number of unbranched alkanes of at least 4 members (excludes halogenated alkanes) is 4. The van der Waals surface area contributed by atoms with Gasteiger partial charge in [-0.3, -0.25) is 5.10 Å². The van der Waals surface area contributed by atoms with Crippen LogP contribution < -0.4 is 10.6 Å². The first-order valence-corrected chi connectivity index (χ1v) is 11.1. The summed E-state index contributed by atoms with van der Waals surface area (Å²) in [6.45, 7) is 1.01. The van der Waals surface area contributed by atoms with Crippen molar-refractivity contribution >= 4 is 28.8 Å². The molecule has 3 aromatic rings. The highest BCUT2D eigenvalue weighted by atomic mass is 16.4. The molecule has 4 N–H and O–H groups in total. The van der Waals surface area contributed by atoms with Crippen LogP contribution in [-0.4, -0.2) is 48.8 Å². The van der Waals surface area contributed by atoms with Crippen LogP contribution in [0.1, 0.15) is 56.2 Å². The van der Waals surface area contributed by atoms with E-state index in [-0.39, 0.29) is 0 Å². The Kier molecular flexibility index (Phi) is 6.91. The Morgan fingerprint density at radius 3 is 2.90 bits per heavy atom. The summed E-state index contributed by atoms with van der Waals surface area (Å²) in [5.41, 5.74) is 3.06. The van der Waals surface area contributed by atoms with Gasteiger partial charge in [0.05, 0.1) is 11.6 Å². The van der Waals surface area contributed by atoms with Gasteiger partial charge < -0.3 is 15.7 Å². The Labute approximate surface area is 181 Å². The zero-order chi connectivity index (χ0) is 21.5. The number of nitrogens with one attached hydrogen (secondary N) is 3. The van der Waals surface area contributed by atoms with Gasteiger partial charge in [-0.2, -0.15) is 10.1 Å². The lowest BCUT2D eigenvalue weighted by atomic mass is 10.0. The fourth-order valence-corrected chi connectivity index (χ4v) is 3.91. The summed E-state index contributed by atoms with van der Waals surface area (Å²) in [6.07, 6.45) is 12.2. The second-order valence-electron chi connectivity index (χ2n) is 8.05. The first-order valence-electron chi connectivity index (χ1n) is 11.1. The summed E-state index contributed by atoms with van der Waals surface area (Å²) in [6, 6.07) is 3.65. The molecule has 0 saturated heterocycles. The maximum atomic E-state index is 11.6. The molecule has 0 aromatic carbocycles. The molecule has 31 heavy (non-hydrogen) atoms. The molecule has 1 aliphatic heterocycles. The van der Waals surface area contributed by atoms with Gasteiger partial charge in [-0.1, -0.05) is 31.7 Å². The Bertz CT molecular complexity index is 1020. The quantitative estimate of drug-likeness (QED) is 0.345. The summed E-state index contributed by atoms with van der Waals surface area (Å²) < 4.78 is 0. The van der Waals surface area contributed by atoms with Gasteiger partial charge in [-0.25, -0.2) is 14.8 Å². The fraction of sp³-hybridized carbons (Fsp3) is 0.500. The summed E-state index contributed by atoms with van der Waals surface area (Å²) in [7, 11) is 0. The van der Waals surface area contributed by atoms with Crippen molar-refractivity contribution in [2.24, 2.45) is 0 Å². The number of fused-ring (bicyclic) bond motifs is 2. The number of aliphatic carboxylic acids is 1. The lowest BCUT2D eigenvalue weighted by Gasteiger charge is -2.17. The predicted molar refractivity (Wildman–Crippen MR) is 119 cm³/mol. The van der Waals surface area contributed by atoms with Gasteiger partial charge >= 0.3 is 5.97 Å². The second-order valence-corrected chi connectivity index (χ2v) is 8.05. The molecule has 0 fully saturated rings. The average Bonchev–Trinajstić information content (AvgIpc) is 3.25. The van der Waals surface area contributed by atoms with Crippen molar-refractivity contribution in [1.82, 2.24) is 25.1 Å². The van der Waals surface area contributed by atoms with Crippen molar-refractivity contribution in [2.45, 2.75) is 63.8 Å². The molecule has 1 atom stereocenters. The van der Waals surface area contributed by atoms with Crippen LogP contribution in [0.2, 0.25) is 0 Å². The first-order chi connectivity index (χ1) is 15.2. The van der Waals surface area contributed by atoms with Crippen molar-refractivity contribution < 1.29 is 9.90 Å². The van der Waals surface area contributed by atoms with Crippen molar-refractivity contribution in [3.8, 4) is 0 Å². The Hall–Kier alpha value is -3.23. The topological polar surface area (TPSA) is 129 Å². The van der Waals surface area contributed by atoms with Gasteiger partial charge in [0.25, 0.3) is 0 Å². The highest BCUT2D eigenvalue weighted by Crippen LogP contribution is 2.20. The van der Waals surface area contributed by atoms with E-state index in [1.54, 1.807) is 12.4 Å². The number of anilines is 2. The number of H-pyrrole nitrogens is 1. The molecular formula is C22H29N7O2. The van der Waals surface area contributed by atoms with E-state index >= 15 is 0 Å². The molecule has 9 heteroatoms. The summed E-state index contributed by atoms with van der Waals surface area (Å²) in [5.74, 6) is 0.475. The third-order valence-electron chi connectivity index (χ3n) is 5.67. The molecule has 1 aliphatic rings. The molecule has 4 heterocycles. The molecular weight excluding hydrogens is 394 g/mol. The summed E-state index contributed by atoms with van der Waals surface area (Å²) in [5, 5.41) is 23.3. The molecule has 9 nitrogen and oxygen atoms in total. The number of carbonyl (C=O) groups is 1. The lowest BCUT2D eigenvalue weighted by Crippen LogP contribution is -2.30. The van der Waals surface area contributed by atoms with E-state index in [9.17, 15) is 9.90 Å². The van der Waals surface area contributed by atoms with E-state index in [0.29, 0.717) is 18.0 Å². The minimum atomic E-state index is -0.889. The van der Waals surface area contributed by atoms with Crippen LogP contribution in [-0.2, 0) is 17.6 Å². The highest BCUT2D eigenvalue weighted by Gasteiger charge is 2.18. The van der Waals surface area contributed by atoms with Gasteiger partial charge in [0.1, 0.15) is 11.9 Å². The Balaban J connectivity index is 1.15. The highest BCUT2D eigenvalue weighted by molar-refractivity contribution is 5.77. The minimum absolute atomic E-state index is 0.302. The summed E-state index contributed by atoms with van der Waals surface area (Å²) >= 11 is 0. The van der Waals surface area contributed by atoms with Crippen LogP contribution in [0.5, 0.6) is 0 Å².